The third-order valence-corrected chi connectivity index (χ3v) is 2.87. The minimum absolute atomic E-state index is 0.130. The number of carbonyl (C=O) groups is 1. The molecule has 0 radical (unpaired) electrons. The first-order valence-electron chi connectivity index (χ1n) is 4.96. The van der Waals surface area contributed by atoms with E-state index in [1.807, 2.05) is 0 Å². The number of nitrogens with two attached hydrogens (primary N) is 1. The molecule has 0 saturated heterocycles. The molecule has 0 aliphatic heterocycles. The van der Waals surface area contributed by atoms with Gasteiger partial charge in [-0.3, -0.25) is 4.79 Å². The summed E-state index contributed by atoms with van der Waals surface area (Å²) in [7, 11) is 0. The normalized spacial score (nSPS) is 31.1. The Kier molecular flexibility index (Phi) is 3.57. The molecule has 0 heterocycles. The molecule has 0 unspecified atom stereocenters. The van der Waals surface area contributed by atoms with Crippen LogP contribution in [0, 0.1) is 11.8 Å². The molecular weight excluding hydrogens is 150 g/mol. The van der Waals surface area contributed by atoms with Crippen molar-refractivity contribution in [3.8, 4) is 0 Å². The smallest absolute Gasteiger partial charge is 0.217 e. The summed E-state index contributed by atoms with van der Waals surface area (Å²) in [5.41, 5.74) is 5.17. The zero-order valence-electron chi connectivity index (χ0n) is 7.88. The highest BCUT2D eigenvalue weighted by molar-refractivity contribution is 5.73. The van der Waals surface area contributed by atoms with E-state index in [1.165, 1.54) is 32.1 Å². The standard InChI is InChI=1S/C10H19NO/c1-8-3-2-4-9(6-5-8)7-10(11)12/h8-9H,2-7H2,1H3,(H2,11,12)/t8-,9-/m1/s1. The third-order valence-electron chi connectivity index (χ3n) is 2.87. The number of primary amides is 1. The van der Waals surface area contributed by atoms with Gasteiger partial charge in [0.1, 0.15) is 0 Å². The second kappa shape index (κ2) is 4.48. The largest absolute Gasteiger partial charge is 0.370 e. The maximum Gasteiger partial charge on any atom is 0.217 e. The lowest BCUT2D eigenvalue weighted by atomic mass is 9.96. The van der Waals surface area contributed by atoms with E-state index in [0.717, 1.165) is 5.92 Å². The Balaban J connectivity index is 2.30. The predicted octanol–water partition coefficient (Wildman–Crippen LogP) is 2.08. The van der Waals surface area contributed by atoms with Crippen LogP contribution in [0.2, 0.25) is 0 Å². The van der Waals surface area contributed by atoms with E-state index in [9.17, 15) is 4.79 Å². The molecule has 2 N–H and O–H groups in total. The van der Waals surface area contributed by atoms with E-state index in [0.29, 0.717) is 12.3 Å². The molecule has 1 aliphatic rings. The van der Waals surface area contributed by atoms with Crippen molar-refractivity contribution in [1.82, 2.24) is 0 Å². The molecule has 0 bridgehead atoms. The Morgan fingerprint density at radius 3 is 2.75 bits per heavy atom. The Bertz CT molecular complexity index is 156. The minimum Gasteiger partial charge on any atom is -0.370 e. The predicted molar refractivity (Wildman–Crippen MR) is 49.6 cm³/mol. The zero-order valence-corrected chi connectivity index (χ0v) is 7.88. The van der Waals surface area contributed by atoms with Crippen molar-refractivity contribution in [2.75, 3.05) is 0 Å². The fourth-order valence-corrected chi connectivity index (χ4v) is 2.05. The summed E-state index contributed by atoms with van der Waals surface area (Å²) in [5, 5.41) is 0. The lowest BCUT2D eigenvalue weighted by Crippen LogP contribution is -2.15. The lowest BCUT2D eigenvalue weighted by Gasteiger charge is -2.10. The maximum atomic E-state index is 10.7. The second-order valence-corrected chi connectivity index (χ2v) is 4.15. The van der Waals surface area contributed by atoms with Gasteiger partial charge in [-0.2, -0.15) is 0 Å². The summed E-state index contributed by atoms with van der Waals surface area (Å²) in [4.78, 5) is 10.7. The average molecular weight is 169 g/mol. The molecular formula is C10H19NO. The van der Waals surface area contributed by atoms with Gasteiger partial charge in [0.15, 0.2) is 0 Å². The Morgan fingerprint density at radius 2 is 2.08 bits per heavy atom. The molecule has 12 heavy (non-hydrogen) atoms. The fraction of sp³-hybridized carbons (Fsp3) is 0.900. The van der Waals surface area contributed by atoms with Gasteiger partial charge in [-0.05, 0) is 24.7 Å². The molecule has 1 amide bonds. The summed E-state index contributed by atoms with van der Waals surface area (Å²) in [6, 6.07) is 0. The van der Waals surface area contributed by atoms with Gasteiger partial charge in [-0.1, -0.05) is 26.2 Å². The zero-order chi connectivity index (χ0) is 8.97. The Labute approximate surface area is 74.5 Å². The van der Waals surface area contributed by atoms with Crippen molar-refractivity contribution in [2.24, 2.45) is 17.6 Å². The summed E-state index contributed by atoms with van der Waals surface area (Å²) in [6.07, 6.45) is 6.89. The van der Waals surface area contributed by atoms with E-state index >= 15 is 0 Å². The van der Waals surface area contributed by atoms with Crippen molar-refractivity contribution < 1.29 is 4.79 Å². The van der Waals surface area contributed by atoms with Crippen LogP contribution in [0.3, 0.4) is 0 Å². The quantitative estimate of drug-likeness (QED) is 0.632. The van der Waals surface area contributed by atoms with E-state index in [-0.39, 0.29) is 5.91 Å². The van der Waals surface area contributed by atoms with Crippen LogP contribution >= 0.6 is 0 Å². The molecule has 2 atom stereocenters. The molecule has 1 aliphatic carbocycles. The maximum absolute atomic E-state index is 10.7. The molecule has 1 fully saturated rings. The molecule has 2 heteroatoms. The fourth-order valence-electron chi connectivity index (χ4n) is 2.05. The van der Waals surface area contributed by atoms with Gasteiger partial charge in [-0.25, -0.2) is 0 Å². The lowest BCUT2D eigenvalue weighted by molar-refractivity contribution is -0.119. The van der Waals surface area contributed by atoms with Crippen LogP contribution in [0.1, 0.15) is 45.4 Å². The number of hydrogen-bond acceptors (Lipinski definition) is 1. The third kappa shape index (κ3) is 3.24. The molecule has 0 aromatic rings. The average Bonchev–Trinajstić information content (AvgIpc) is 2.15. The molecule has 0 spiro atoms. The highest BCUT2D eigenvalue weighted by Crippen LogP contribution is 2.28. The van der Waals surface area contributed by atoms with E-state index in [1.54, 1.807) is 0 Å². The van der Waals surface area contributed by atoms with Gasteiger partial charge in [0.25, 0.3) is 0 Å². The first-order valence-corrected chi connectivity index (χ1v) is 4.96. The molecule has 2 nitrogen and oxygen atoms in total. The summed E-state index contributed by atoms with van der Waals surface area (Å²) in [5.74, 6) is 1.30. The van der Waals surface area contributed by atoms with Crippen LogP contribution in [0.15, 0.2) is 0 Å². The van der Waals surface area contributed by atoms with Crippen molar-refractivity contribution in [2.45, 2.75) is 45.4 Å². The SMILES string of the molecule is C[C@@H]1CCC[C@@H](CC(N)=O)CC1. The van der Waals surface area contributed by atoms with Crippen LogP contribution in [0.4, 0.5) is 0 Å². The van der Waals surface area contributed by atoms with E-state index < -0.39 is 0 Å². The first-order chi connectivity index (χ1) is 5.68. The van der Waals surface area contributed by atoms with Crippen LogP contribution in [-0.4, -0.2) is 5.91 Å². The van der Waals surface area contributed by atoms with Gasteiger partial charge < -0.3 is 5.73 Å². The monoisotopic (exact) mass is 169 g/mol. The van der Waals surface area contributed by atoms with Crippen LogP contribution < -0.4 is 5.73 Å². The van der Waals surface area contributed by atoms with E-state index in [2.05, 4.69) is 6.92 Å². The minimum atomic E-state index is -0.130. The summed E-state index contributed by atoms with van der Waals surface area (Å²) in [6.45, 7) is 2.30. The van der Waals surface area contributed by atoms with Gasteiger partial charge in [0.2, 0.25) is 5.91 Å². The molecule has 0 aromatic carbocycles. The van der Waals surface area contributed by atoms with Crippen LogP contribution in [0.25, 0.3) is 0 Å². The Hall–Kier alpha value is -0.530. The summed E-state index contributed by atoms with van der Waals surface area (Å²) < 4.78 is 0. The van der Waals surface area contributed by atoms with Crippen molar-refractivity contribution >= 4 is 5.91 Å². The molecule has 1 rings (SSSR count). The number of rotatable bonds is 2. The summed E-state index contributed by atoms with van der Waals surface area (Å²) >= 11 is 0. The molecule has 1 saturated carbocycles. The van der Waals surface area contributed by atoms with Crippen LogP contribution in [0.5, 0.6) is 0 Å². The number of carbonyl (C=O) groups excluding carboxylic acids is 1. The topological polar surface area (TPSA) is 43.1 Å². The van der Waals surface area contributed by atoms with Crippen LogP contribution in [-0.2, 0) is 4.79 Å². The highest BCUT2D eigenvalue weighted by atomic mass is 16.1. The highest BCUT2D eigenvalue weighted by Gasteiger charge is 2.17. The van der Waals surface area contributed by atoms with E-state index in [4.69, 9.17) is 5.73 Å². The molecule has 0 aromatic heterocycles. The van der Waals surface area contributed by atoms with Crippen molar-refractivity contribution in [1.29, 1.82) is 0 Å². The van der Waals surface area contributed by atoms with Crippen molar-refractivity contribution in [3.63, 3.8) is 0 Å². The van der Waals surface area contributed by atoms with Gasteiger partial charge in [0.05, 0.1) is 0 Å². The van der Waals surface area contributed by atoms with Gasteiger partial charge in [0, 0.05) is 6.42 Å². The van der Waals surface area contributed by atoms with Gasteiger partial charge >= 0.3 is 0 Å². The van der Waals surface area contributed by atoms with Crippen molar-refractivity contribution in [3.05, 3.63) is 0 Å². The molecule has 70 valence electrons. The number of hydrogen-bond donors (Lipinski definition) is 1. The Morgan fingerprint density at radius 1 is 1.33 bits per heavy atom. The van der Waals surface area contributed by atoms with Gasteiger partial charge in [-0.15, -0.1) is 0 Å². The number of amides is 1. The second-order valence-electron chi connectivity index (χ2n) is 4.15. The first kappa shape index (κ1) is 9.56.